The molecule has 1 heterocycles. The highest BCUT2D eigenvalue weighted by atomic mass is 16.5. The molecule has 1 fully saturated rings. The summed E-state index contributed by atoms with van der Waals surface area (Å²) in [5.41, 5.74) is 4.37. The molecular formula is C7H14N2O3. The maximum atomic E-state index is 11.1. The average Bonchev–Trinajstić information content (AvgIpc) is 2.29. The average molecular weight is 174 g/mol. The van der Waals surface area contributed by atoms with Crippen molar-refractivity contribution in [2.45, 2.75) is 5.54 Å². The molecule has 5 heteroatoms. The van der Waals surface area contributed by atoms with Crippen LogP contribution >= 0.6 is 0 Å². The van der Waals surface area contributed by atoms with Crippen LogP contribution in [0.15, 0.2) is 0 Å². The molecule has 5 nitrogen and oxygen atoms in total. The Morgan fingerprint density at radius 1 is 1.42 bits per heavy atom. The van der Waals surface area contributed by atoms with Crippen LogP contribution in [0.4, 0.5) is 0 Å². The van der Waals surface area contributed by atoms with Crippen molar-refractivity contribution in [1.82, 2.24) is 5.32 Å². The molecule has 0 unspecified atom stereocenters. The Kier molecular flexibility index (Phi) is 3.02. The number of ether oxygens (including phenoxy) is 2. The maximum absolute atomic E-state index is 11.1. The van der Waals surface area contributed by atoms with Gasteiger partial charge in [-0.15, -0.1) is 0 Å². The number of carbonyl (C=O) groups excluding carboxylic acids is 1. The van der Waals surface area contributed by atoms with Crippen LogP contribution in [0.1, 0.15) is 0 Å². The first-order valence-electron chi connectivity index (χ1n) is 3.85. The summed E-state index contributed by atoms with van der Waals surface area (Å²) < 4.78 is 10.3. The minimum Gasteiger partial charge on any atom is -0.376 e. The zero-order valence-electron chi connectivity index (χ0n) is 7.13. The number of nitrogens with two attached hydrogens (primary N) is 1. The van der Waals surface area contributed by atoms with Crippen LogP contribution < -0.4 is 11.1 Å². The molecule has 0 bridgehead atoms. The van der Waals surface area contributed by atoms with Gasteiger partial charge in [0, 0.05) is 0 Å². The number of amides is 1. The lowest BCUT2D eigenvalue weighted by Gasteiger charge is -2.26. The highest BCUT2D eigenvalue weighted by molar-refractivity contribution is 5.85. The number of rotatable bonds is 2. The van der Waals surface area contributed by atoms with Crippen molar-refractivity contribution in [3.8, 4) is 0 Å². The van der Waals surface area contributed by atoms with Gasteiger partial charge in [-0.2, -0.15) is 0 Å². The van der Waals surface area contributed by atoms with E-state index in [4.69, 9.17) is 15.2 Å². The molecule has 0 spiro atoms. The van der Waals surface area contributed by atoms with E-state index in [2.05, 4.69) is 5.32 Å². The number of likely N-dealkylation sites (N-methyl/N-ethyl adjacent to an activating group) is 1. The highest BCUT2D eigenvalue weighted by Gasteiger charge is 2.36. The van der Waals surface area contributed by atoms with Crippen molar-refractivity contribution in [2.24, 2.45) is 5.73 Å². The summed E-state index contributed by atoms with van der Waals surface area (Å²) in [6, 6.07) is 0. The van der Waals surface area contributed by atoms with Crippen LogP contribution in [0, 0.1) is 0 Å². The number of hydrogen-bond acceptors (Lipinski definition) is 4. The summed E-state index contributed by atoms with van der Waals surface area (Å²) >= 11 is 0. The SMILES string of the molecule is CNC1(C(N)=O)COCCOC1. The van der Waals surface area contributed by atoms with E-state index < -0.39 is 11.4 Å². The van der Waals surface area contributed by atoms with E-state index in [9.17, 15) is 4.79 Å². The third-order valence-corrected chi connectivity index (χ3v) is 2.02. The third kappa shape index (κ3) is 1.74. The van der Waals surface area contributed by atoms with Gasteiger partial charge in [0.25, 0.3) is 0 Å². The third-order valence-electron chi connectivity index (χ3n) is 2.02. The van der Waals surface area contributed by atoms with Crippen molar-refractivity contribution in [3.05, 3.63) is 0 Å². The fourth-order valence-electron chi connectivity index (χ4n) is 1.06. The molecule has 0 aromatic heterocycles. The Hall–Kier alpha value is -0.650. The minimum absolute atomic E-state index is 0.277. The Morgan fingerprint density at radius 2 is 1.92 bits per heavy atom. The fraction of sp³-hybridized carbons (Fsp3) is 0.857. The molecule has 0 atom stereocenters. The predicted octanol–water partition coefficient (Wildman–Crippen LogP) is -1.52. The van der Waals surface area contributed by atoms with E-state index in [1.165, 1.54) is 0 Å². The summed E-state index contributed by atoms with van der Waals surface area (Å²) in [6.07, 6.45) is 0. The first kappa shape index (κ1) is 9.44. The lowest BCUT2D eigenvalue weighted by molar-refractivity contribution is -0.127. The molecule has 1 aliphatic heterocycles. The zero-order valence-corrected chi connectivity index (χ0v) is 7.13. The second-order valence-electron chi connectivity index (χ2n) is 2.80. The number of nitrogens with one attached hydrogen (secondary N) is 1. The molecule has 3 N–H and O–H groups in total. The van der Waals surface area contributed by atoms with Crippen molar-refractivity contribution >= 4 is 5.91 Å². The zero-order chi connectivity index (χ0) is 9.03. The van der Waals surface area contributed by atoms with Crippen molar-refractivity contribution in [2.75, 3.05) is 33.5 Å². The van der Waals surface area contributed by atoms with Gasteiger partial charge in [0.2, 0.25) is 5.91 Å². The molecule has 1 amide bonds. The molecule has 70 valence electrons. The van der Waals surface area contributed by atoms with E-state index in [1.54, 1.807) is 7.05 Å². The van der Waals surface area contributed by atoms with Gasteiger partial charge in [-0.3, -0.25) is 4.79 Å². The normalized spacial score (nSPS) is 23.1. The van der Waals surface area contributed by atoms with Crippen LogP contribution in [0.25, 0.3) is 0 Å². The van der Waals surface area contributed by atoms with Crippen LogP contribution in [0.3, 0.4) is 0 Å². The second kappa shape index (κ2) is 3.84. The Morgan fingerprint density at radius 3 is 2.25 bits per heavy atom. The summed E-state index contributed by atoms with van der Waals surface area (Å²) in [5.74, 6) is -0.438. The van der Waals surface area contributed by atoms with Crippen LogP contribution in [0.5, 0.6) is 0 Å². The molecule has 0 aliphatic carbocycles. The molecule has 0 radical (unpaired) electrons. The molecule has 0 saturated carbocycles. The molecule has 1 rings (SSSR count). The number of carbonyl (C=O) groups is 1. The van der Waals surface area contributed by atoms with Gasteiger partial charge < -0.3 is 20.5 Å². The van der Waals surface area contributed by atoms with Crippen molar-refractivity contribution in [1.29, 1.82) is 0 Å². The van der Waals surface area contributed by atoms with Crippen LogP contribution in [-0.2, 0) is 14.3 Å². The maximum Gasteiger partial charge on any atom is 0.242 e. The lowest BCUT2D eigenvalue weighted by Crippen LogP contribution is -2.59. The second-order valence-corrected chi connectivity index (χ2v) is 2.80. The van der Waals surface area contributed by atoms with Gasteiger partial charge in [-0.05, 0) is 7.05 Å². The highest BCUT2D eigenvalue weighted by Crippen LogP contribution is 2.08. The fourth-order valence-corrected chi connectivity index (χ4v) is 1.06. The van der Waals surface area contributed by atoms with Gasteiger partial charge >= 0.3 is 0 Å². The van der Waals surface area contributed by atoms with E-state index in [1.807, 2.05) is 0 Å². The van der Waals surface area contributed by atoms with Crippen LogP contribution in [-0.4, -0.2) is 44.9 Å². The summed E-state index contributed by atoms with van der Waals surface area (Å²) in [7, 11) is 1.67. The van der Waals surface area contributed by atoms with E-state index in [0.29, 0.717) is 13.2 Å². The van der Waals surface area contributed by atoms with Gasteiger partial charge in [-0.25, -0.2) is 0 Å². The molecule has 0 aromatic carbocycles. The lowest BCUT2D eigenvalue weighted by atomic mass is 10.0. The Balaban J connectivity index is 2.68. The van der Waals surface area contributed by atoms with Gasteiger partial charge in [0.1, 0.15) is 5.54 Å². The van der Waals surface area contributed by atoms with Crippen LogP contribution in [0.2, 0.25) is 0 Å². The van der Waals surface area contributed by atoms with Gasteiger partial charge in [-0.1, -0.05) is 0 Å². The quantitative estimate of drug-likeness (QED) is 0.533. The van der Waals surface area contributed by atoms with E-state index in [-0.39, 0.29) is 13.2 Å². The monoisotopic (exact) mass is 174 g/mol. The number of primary amides is 1. The molecule has 12 heavy (non-hydrogen) atoms. The first-order valence-corrected chi connectivity index (χ1v) is 3.85. The van der Waals surface area contributed by atoms with E-state index >= 15 is 0 Å². The summed E-state index contributed by atoms with van der Waals surface area (Å²) in [6.45, 7) is 1.57. The smallest absolute Gasteiger partial charge is 0.242 e. The molecule has 1 aliphatic rings. The number of hydrogen-bond donors (Lipinski definition) is 2. The van der Waals surface area contributed by atoms with Crippen molar-refractivity contribution in [3.63, 3.8) is 0 Å². The van der Waals surface area contributed by atoms with Gasteiger partial charge in [0.05, 0.1) is 26.4 Å². The first-order chi connectivity index (χ1) is 5.71. The Bertz CT molecular complexity index is 164. The molecular weight excluding hydrogens is 160 g/mol. The van der Waals surface area contributed by atoms with Gasteiger partial charge in [0.15, 0.2) is 0 Å². The molecule has 1 saturated heterocycles. The largest absolute Gasteiger partial charge is 0.376 e. The Labute approximate surface area is 71.2 Å². The predicted molar refractivity (Wildman–Crippen MR) is 42.6 cm³/mol. The summed E-state index contributed by atoms with van der Waals surface area (Å²) in [4.78, 5) is 11.1. The van der Waals surface area contributed by atoms with Crippen molar-refractivity contribution < 1.29 is 14.3 Å². The van der Waals surface area contributed by atoms with E-state index in [0.717, 1.165) is 0 Å². The topological polar surface area (TPSA) is 73.6 Å². The standard InChI is InChI=1S/C7H14N2O3/c1-9-7(6(8)10)4-11-2-3-12-5-7/h9H,2-5H2,1H3,(H2,8,10). The minimum atomic E-state index is -0.851. The summed E-state index contributed by atoms with van der Waals surface area (Å²) in [5, 5.41) is 2.83. The molecule has 0 aromatic rings.